The van der Waals surface area contributed by atoms with Crippen molar-refractivity contribution in [2.24, 2.45) is 0 Å². The van der Waals surface area contributed by atoms with Gasteiger partial charge in [0.25, 0.3) is 0 Å². The number of piperazine rings is 1. The molecule has 0 bridgehead atoms. The monoisotopic (exact) mass is 326 g/mol. The predicted molar refractivity (Wildman–Crippen MR) is 93.1 cm³/mol. The fourth-order valence-corrected chi connectivity index (χ4v) is 3.13. The lowest BCUT2D eigenvalue weighted by molar-refractivity contribution is -0.132. The van der Waals surface area contributed by atoms with Crippen LogP contribution in [0.1, 0.15) is 16.7 Å². The van der Waals surface area contributed by atoms with E-state index in [1.165, 1.54) is 6.07 Å². The van der Waals surface area contributed by atoms with Gasteiger partial charge in [0, 0.05) is 32.7 Å². The maximum atomic E-state index is 13.3. The normalized spacial score (nSPS) is 15.5. The van der Waals surface area contributed by atoms with Gasteiger partial charge in [-0.3, -0.25) is 9.69 Å². The molecule has 2 aromatic carbocycles. The summed E-state index contributed by atoms with van der Waals surface area (Å²) in [4.78, 5) is 16.7. The Morgan fingerprint density at radius 2 is 1.79 bits per heavy atom. The average molecular weight is 326 g/mol. The SMILES string of the molecule is Cc1ccccc1CC(=O)N1CCN(Cc2cccc(F)c2)CC1. The lowest BCUT2D eigenvalue weighted by atomic mass is 10.1. The summed E-state index contributed by atoms with van der Waals surface area (Å²) >= 11 is 0. The zero-order valence-corrected chi connectivity index (χ0v) is 14.0. The van der Waals surface area contributed by atoms with E-state index >= 15 is 0 Å². The highest BCUT2D eigenvalue weighted by Gasteiger charge is 2.21. The number of carbonyl (C=O) groups excluding carboxylic acids is 1. The number of hydrogen-bond acceptors (Lipinski definition) is 2. The molecule has 0 unspecified atom stereocenters. The zero-order valence-electron chi connectivity index (χ0n) is 14.0. The summed E-state index contributed by atoms with van der Waals surface area (Å²) in [6.07, 6.45) is 0.469. The molecule has 24 heavy (non-hydrogen) atoms. The van der Waals surface area contributed by atoms with Crippen molar-refractivity contribution in [2.75, 3.05) is 26.2 Å². The molecule has 126 valence electrons. The molecule has 1 aliphatic heterocycles. The van der Waals surface area contributed by atoms with Gasteiger partial charge < -0.3 is 4.90 Å². The van der Waals surface area contributed by atoms with E-state index in [1.54, 1.807) is 12.1 Å². The van der Waals surface area contributed by atoms with Gasteiger partial charge in [-0.05, 0) is 35.7 Å². The molecule has 3 rings (SSSR count). The second-order valence-corrected chi connectivity index (χ2v) is 6.39. The van der Waals surface area contributed by atoms with E-state index in [0.717, 1.165) is 49.4 Å². The fourth-order valence-electron chi connectivity index (χ4n) is 3.13. The first-order chi connectivity index (χ1) is 11.6. The van der Waals surface area contributed by atoms with Gasteiger partial charge in [-0.15, -0.1) is 0 Å². The Labute approximate surface area is 142 Å². The van der Waals surface area contributed by atoms with Crippen LogP contribution in [-0.4, -0.2) is 41.9 Å². The Morgan fingerprint density at radius 3 is 2.50 bits per heavy atom. The first kappa shape index (κ1) is 16.7. The summed E-state index contributed by atoms with van der Waals surface area (Å²) < 4.78 is 13.3. The van der Waals surface area contributed by atoms with Gasteiger partial charge in [-0.2, -0.15) is 0 Å². The van der Waals surface area contributed by atoms with Gasteiger partial charge in [-0.25, -0.2) is 4.39 Å². The molecule has 0 N–H and O–H groups in total. The van der Waals surface area contributed by atoms with Crippen molar-refractivity contribution in [1.29, 1.82) is 0 Å². The minimum atomic E-state index is -0.195. The Hall–Kier alpha value is -2.20. The van der Waals surface area contributed by atoms with Gasteiger partial charge in [0.15, 0.2) is 0 Å². The molecule has 1 fully saturated rings. The van der Waals surface area contributed by atoms with Crippen molar-refractivity contribution in [3.8, 4) is 0 Å². The van der Waals surface area contributed by atoms with Crippen LogP contribution in [0.3, 0.4) is 0 Å². The molecule has 0 spiro atoms. The molecule has 4 heteroatoms. The van der Waals surface area contributed by atoms with Gasteiger partial charge in [-0.1, -0.05) is 36.4 Å². The van der Waals surface area contributed by atoms with E-state index in [0.29, 0.717) is 6.42 Å². The lowest BCUT2D eigenvalue weighted by Crippen LogP contribution is -2.48. The summed E-state index contributed by atoms with van der Waals surface area (Å²) in [6, 6.07) is 14.8. The zero-order chi connectivity index (χ0) is 16.9. The summed E-state index contributed by atoms with van der Waals surface area (Å²) in [7, 11) is 0. The Kier molecular flexibility index (Phi) is 5.26. The van der Waals surface area contributed by atoms with E-state index < -0.39 is 0 Å². The van der Waals surface area contributed by atoms with Crippen LogP contribution in [0.2, 0.25) is 0 Å². The van der Waals surface area contributed by atoms with Crippen LogP contribution >= 0.6 is 0 Å². The summed E-state index contributed by atoms with van der Waals surface area (Å²) in [5, 5.41) is 0. The van der Waals surface area contributed by atoms with Crippen molar-refractivity contribution < 1.29 is 9.18 Å². The van der Waals surface area contributed by atoms with Crippen molar-refractivity contribution in [2.45, 2.75) is 19.9 Å². The van der Waals surface area contributed by atoms with E-state index in [-0.39, 0.29) is 11.7 Å². The van der Waals surface area contributed by atoms with Crippen LogP contribution < -0.4 is 0 Å². The van der Waals surface area contributed by atoms with E-state index in [2.05, 4.69) is 4.90 Å². The van der Waals surface area contributed by atoms with Crippen LogP contribution in [0.25, 0.3) is 0 Å². The molecule has 3 nitrogen and oxygen atoms in total. The molecule has 1 saturated heterocycles. The van der Waals surface area contributed by atoms with Crippen LogP contribution in [0.5, 0.6) is 0 Å². The molecular weight excluding hydrogens is 303 g/mol. The third-order valence-corrected chi connectivity index (χ3v) is 4.62. The summed E-state index contributed by atoms with van der Waals surface area (Å²) in [6.45, 7) is 5.91. The molecule has 0 atom stereocenters. The molecular formula is C20H23FN2O. The van der Waals surface area contributed by atoms with Gasteiger partial charge in [0.1, 0.15) is 5.82 Å². The minimum absolute atomic E-state index is 0.190. The highest BCUT2D eigenvalue weighted by molar-refractivity contribution is 5.79. The Balaban J connectivity index is 1.51. The number of rotatable bonds is 4. The lowest BCUT2D eigenvalue weighted by Gasteiger charge is -2.35. The van der Waals surface area contributed by atoms with E-state index in [4.69, 9.17) is 0 Å². The number of carbonyl (C=O) groups is 1. The standard InChI is InChI=1S/C20H23FN2O/c1-16-5-2-3-7-18(16)14-20(24)23-11-9-22(10-12-23)15-17-6-4-8-19(21)13-17/h2-8,13H,9-12,14-15H2,1H3. The molecule has 2 aromatic rings. The number of aryl methyl sites for hydroxylation is 1. The molecule has 1 amide bonds. The maximum Gasteiger partial charge on any atom is 0.227 e. The fraction of sp³-hybridized carbons (Fsp3) is 0.350. The van der Waals surface area contributed by atoms with E-state index in [1.807, 2.05) is 42.2 Å². The maximum absolute atomic E-state index is 13.3. The number of benzene rings is 2. The smallest absolute Gasteiger partial charge is 0.227 e. The van der Waals surface area contributed by atoms with Gasteiger partial charge in [0.2, 0.25) is 5.91 Å². The minimum Gasteiger partial charge on any atom is -0.340 e. The second-order valence-electron chi connectivity index (χ2n) is 6.39. The van der Waals surface area contributed by atoms with Crippen LogP contribution in [0.15, 0.2) is 48.5 Å². The molecule has 0 radical (unpaired) electrons. The summed E-state index contributed by atoms with van der Waals surface area (Å²) in [5.41, 5.74) is 3.25. The Morgan fingerprint density at radius 1 is 1.04 bits per heavy atom. The number of hydrogen-bond donors (Lipinski definition) is 0. The highest BCUT2D eigenvalue weighted by atomic mass is 19.1. The molecule has 0 saturated carbocycles. The number of amides is 1. The quantitative estimate of drug-likeness (QED) is 0.862. The molecule has 1 heterocycles. The van der Waals surface area contributed by atoms with Crippen LogP contribution in [0.4, 0.5) is 4.39 Å². The van der Waals surface area contributed by atoms with E-state index in [9.17, 15) is 9.18 Å². The van der Waals surface area contributed by atoms with Gasteiger partial charge >= 0.3 is 0 Å². The van der Waals surface area contributed by atoms with Crippen LogP contribution in [-0.2, 0) is 17.8 Å². The van der Waals surface area contributed by atoms with Gasteiger partial charge in [0.05, 0.1) is 6.42 Å². The second kappa shape index (κ2) is 7.58. The third-order valence-electron chi connectivity index (χ3n) is 4.62. The van der Waals surface area contributed by atoms with Crippen molar-refractivity contribution in [1.82, 2.24) is 9.80 Å². The first-order valence-corrected chi connectivity index (χ1v) is 8.41. The highest BCUT2D eigenvalue weighted by Crippen LogP contribution is 2.13. The largest absolute Gasteiger partial charge is 0.340 e. The predicted octanol–water partition coefficient (Wildman–Crippen LogP) is 3.02. The Bertz CT molecular complexity index is 708. The number of halogens is 1. The third kappa shape index (κ3) is 4.20. The molecule has 0 aromatic heterocycles. The topological polar surface area (TPSA) is 23.6 Å². The first-order valence-electron chi connectivity index (χ1n) is 8.41. The molecule has 0 aliphatic carbocycles. The van der Waals surface area contributed by atoms with Crippen molar-refractivity contribution >= 4 is 5.91 Å². The number of nitrogens with zero attached hydrogens (tertiary/aromatic N) is 2. The van der Waals surface area contributed by atoms with Crippen LogP contribution in [0, 0.1) is 12.7 Å². The average Bonchev–Trinajstić information content (AvgIpc) is 2.57. The summed E-state index contributed by atoms with van der Waals surface area (Å²) in [5.74, 6) is -0.00532. The van der Waals surface area contributed by atoms with Crippen molar-refractivity contribution in [3.63, 3.8) is 0 Å². The van der Waals surface area contributed by atoms with Crippen molar-refractivity contribution in [3.05, 3.63) is 71.0 Å². The molecule has 1 aliphatic rings.